The second kappa shape index (κ2) is 12.8. The van der Waals surface area contributed by atoms with Crippen molar-refractivity contribution in [2.75, 3.05) is 19.7 Å². The molecule has 0 aliphatic carbocycles. The molecule has 1 fully saturated rings. The standard InChI is InChI=1S/C30H36FN3O4/c1-4-37-30(36)25-6-5-15-34(18-25)29(35)27-20-38-28(32-27)19-33(17-23-9-13-26(31)14-10-23)16-22-7-11-24(12-8-22)21(2)3/h7-14,20-21,25H,4-6,15-19H2,1-3H3. The highest BCUT2D eigenvalue weighted by Crippen LogP contribution is 2.21. The van der Waals surface area contributed by atoms with E-state index >= 15 is 0 Å². The fourth-order valence-corrected chi connectivity index (χ4v) is 4.73. The van der Waals surface area contributed by atoms with Gasteiger partial charge in [-0.3, -0.25) is 14.5 Å². The minimum absolute atomic E-state index is 0.229. The highest BCUT2D eigenvalue weighted by Gasteiger charge is 2.31. The van der Waals surface area contributed by atoms with Crippen LogP contribution in [0.2, 0.25) is 0 Å². The van der Waals surface area contributed by atoms with Gasteiger partial charge >= 0.3 is 5.97 Å². The Bertz CT molecular complexity index is 1210. The van der Waals surface area contributed by atoms with Crippen LogP contribution >= 0.6 is 0 Å². The molecule has 0 bridgehead atoms. The molecular weight excluding hydrogens is 485 g/mol. The summed E-state index contributed by atoms with van der Waals surface area (Å²) in [6, 6.07) is 15.0. The summed E-state index contributed by atoms with van der Waals surface area (Å²) in [6.07, 6.45) is 2.84. The number of rotatable bonds is 10. The van der Waals surface area contributed by atoms with Gasteiger partial charge in [0.05, 0.1) is 19.1 Å². The van der Waals surface area contributed by atoms with Crippen LogP contribution in [-0.4, -0.2) is 46.4 Å². The highest BCUT2D eigenvalue weighted by atomic mass is 19.1. The second-order valence-corrected chi connectivity index (χ2v) is 10.1. The van der Waals surface area contributed by atoms with E-state index in [2.05, 4.69) is 48.0 Å². The maximum Gasteiger partial charge on any atom is 0.310 e. The van der Waals surface area contributed by atoms with E-state index in [0.717, 1.165) is 17.5 Å². The Morgan fingerprint density at radius 1 is 1.08 bits per heavy atom. The summed E-state index contributed by atoms with van der Waals surface area (Å²) in [6.45, 7) is 8.90. The fraction of sp³-hybridized carbons (Fsp3) is 0.433. The van der Waals surface area contributed by atoms with Crippen LogP contribution in [0, 0.1) is 11.7 Å². The molecule has 1 aliphatic rings. The molecule has 1 saturated heterocycles. The lowest BCUT2D eigenvalue weighted by Crippen LogP contribution is -2.43. The molecule has 7 nitrogen and oxygen atoms in total. The quantitative estimate of drug-likeness (QED) is 0.326. The van der Waals surface area contributed by atoms with Crippen LogP contribution in [0.15, 0.2) is 59.2 Å². The average Bonchev–Trinajstić information content (AvgIpc) is 3.38. The van der Waals surface area contributed by atoms with Crippen molar-refractivity contribution >= 4 is 11.9 Å². The SMILES string of the molecule is CCOC(=O)C1CCCN(C(=O)c2coc(CN(Cc3ccc(F)cc3)Cc3ccc(C(C)C)cc3)n2)C1. The number of esters is 1. The van der Waals surface area contributed by atoms with Crippen molar-refractivity contribution in [3.63, 3.8) is 0 Å². The fourth-order valence-electron chi connectivity index (χ4n) is 4.73. The van der Waals surface area contributed by atoms with E-state index < -0.39 is 0 Å². The van der Waals surface area contributed by atoms with E-state index in [1.165, 1.54) is 24.0 Å². The maximum absolute atomic E-state index is 13.5. The Labute approximate surface area is 223 Å². The van der Waals surface area contributed by atoms with E-state index in [4.69, 9.17) is 9.15 Å². The monoisotopic (exact) mass is 521 g/mol. The van der Waals surface area contributed by atoms with Gasteiger partial charge in [-0.25, -0.2) is 9.37 Å². The van der Waals surface area contributed by atoms with E-state index in [9.17, 15) is 14.0 Å². The first kappa shape index (κ1) is 27.5. The molecular formula is C30H36FN3O4. The zero-order valence-corrected chi connectivity index (χ0v) is 22.4. The normalized spacial score (nSPS) is 15.7. The number of oxazole rings is 1. The van der Waals surface area contributed by atoms with Crippen LogP contribution in [0.3, 0.4) is 0 Å². The summed E-state index contributed by atoms with van der Waals surface area (Å²) in [7, 11) is 0. The minimum atomic E-state index is -0.313. The molecule has 1 aromatic heterocycles. The molecule has 0 spiro atoms. The van der Waals surface area contributed by atoms with Gasteiger partial charge in [0.1, 0.15) is 12.1 Å². The summed E-state index contributed by atoms with van der Waals surface area (Å²) in [5.74, 6) is -0.217. The molecule has 0 radical (unpaired) electrons. The summed E-state index contributed by atoms with van der Waals surface area (Å²) in [4.78, 5) is 33.6. The summed E-state index contributed by atoms with van der Waals surface area (Å²) in [5, 5.41) is 0. The van der Waals surface area contributed by atoms with Crippen LogP contribution in [0.5, 0.6) is 0 Å². The Morgan fingerprint density at radius 3 is 2.37 bits per heavy atom. The number of piperidine rings is 1. The number of nitrogens with zero attached hydrogens (tertiary/aromatic N) is 3. The van der Waals surface area contributed by atoms with Crippen LogP contribution in [0.25, 0.3) is 0 Å². The first-order chi connectivity index (χ1) is 18.3. The van der Waals surface area contributed by atoms with Crippen LogP contribution in [0.4, 0.5) is 4.39 Å². The van der Waals surface area contributed by atoms with Crippen molar-refractivity contribution in [3.05, 3.63) is 88.9 Å². The van der Waals surface area contributed by atoms with Crippen molar-refractivity contribution in [2.24, 2.45) is 5.92 Å². The van der Waals surface area contributed by atoms with Gasteiger partial charge in [0, 0.05) is 26.2 Å². The highest BCUT2D eigenvalue weighted by molar-refractivity contribution is 5.92. The lowest BCUT2D eigenvalue weighted by atomic mass is 9.98. The van der Waals surface area contributed by atoms with Gasteiger partial charge in [0.15, 0.2) is 5.69 Å². The first-order valence-corrected chi connectivity index (χ1v) is 13.3. The van der Waals surface area contributed by atoms with Gasteiger partial charge in [-0.15, -0.1) is 0 Å². The summed E-state index contributed by atoms with van der Waals surface area (Å²) < 4.78 is 24.3. The third kappa shape index (κ3) is 7.28. The molecule has 0 N–H and O–H groups in total. The van der Waals surface area contributed by atoms with E-state index in [1.807, 2.05) is 0 Å². The molecule has 0 saturated carbocycles. The predicted octanol–water partition coefficient (Wildman–Crippen LogP) is 5.55. The third-order valence-corrected chi connectivity index (χ3v) is 6.83. The number of ether oxygens (including phenoxy) is 1. The van der Waals surface area contributed by atoms with Crippen molar-refractivity contribution in [1.82, 2.24) is 14.8 Å². The minimum Gasteiger partial charge on any atom is -0.466 e. The number of halogens is 1. The summed E-state index contributed by atoms with van der Waals surface area (Å²) in [5.41, 5.74) is 3.61. The van der Waals surface area contributed by atoms with Crippen LogP contribution in [-0.2, 0) is 29.2 Å². The van der Waals surface area contributed by atoms with Gasteiger partial charge in [0.2, 0.25) is 5.89 Å². The second-order valence-electron chi connectivity index (χ2n) is 10.1. The number of amides is 1. The number of aromatic nitrogens is 1. The molecule has 1 aliphatic heterocycles. The molecule has 2 aromatic carbocycles. The van der Waals surface area contributed by atoms with Gasteiger partial charge in [0.25, 0.3) is 5.91 Å². The number of hydrogen-bond acceptors (Lipinski definition) is 6. The topological polar surface area (TPSA) is 75.9 Å². The zero-order chi connectivity index (χ0) is 27.1. The largest absolute Gasteiger partial charge is 0.466 e. The molecule has 1 atom stereocenters. The van der Waals surface area contributed by atoms with Gasteiger partial charge in [-0.05, 0) is 54.5 Å². The van der Waals surface area contributed by atoms with Crippen molar-refractivity contribution in [3.8, 4) is 0 Å². The average molecular weight is 522 g/mol. The Hall–Kier alpha value is -3.52. The maximum atomic E-state index is 13.5. The Balaban J connectivity index is 1.46. The van der Waals surface area contributed by atoms with E-state index in [-0.39, 0.29) is 29.3 Å². The third-order valence-electron chi connectivity index (χ3n) is 6.83. The smallest absolute Gasteiger partial charge is 0.310 e. The number of carbonyl (C=O) groups excluding carboxylic acids is 2. The lowest BCUT2D eigenvalue weighted by Gasteiger charge is -2.30. The van der Waals surface area contributed by atoms with Crippen molar-refractivity contribution in [2.45, 2.75) is 59.2 Å². The molecule has 1 amide bonds. The zero-order valence-electron chi connectivity index (χ0n) is 22.4. The molecule has 4 rings (SSSR count). The molecule has 3 aromatic rings. The number of hydrogen-bond donors (Lipinski definition) is 0. The van der Waals surface area contributed by atoms with Crippen LogP contribution in [0.1, 0.15) is 72.6 Å². The molecule has 8 heteroatoms. The molecule has 38 heavy (non-hydrogen) atoms. The molecule has 1 unspecified atom stereocenters. The van der Waals surface area contributed by atoms with Crippen LogP contribution < -0.4 is 0 Å². The predicted molar refractivity (Wildman–Crippen MR) is 142 cm³/mol. The molecule has 202 valence electrons. The van der Waals surface area contributed by atoms with Crippen molar-refractivity contribution < 1.29 is 23.1 Å². The number of benzene rings is 2. The lowest BCUT2D eigenvalue weighted by molar-refractivity contribution is -0.149. The van der Waals surface area contributed by atoms with Gasteiger partial charge in [-0.2, -0.15) is 0 Å². The molecule has 2 heterocycles. The van der Waals surface area contributed by atoms with Gasteiger partial charge < -0.3 is 14.1 Å². The van der Waals surface area contributed by atoms with E-state index in [0.29, 0.717) is 57.6 Å². The summed E-state index contributed by atoms with van der Waals surface area (Å²) >= 11 is 0. The first-order valence-electron chi connectivity index (χ1n) is 13.3. The Morgan fingerprint density at radius 2 is 1.74 bits per heavy atom. The van der Waals surface area contributed by atoms with Crippen molar-refractivity contribution in [1.29, 1.82) is 0 Å². The van der Waals surface area contributed by atoms with Gasteiger partial charge in [-0.1, -0.05) is 50.2 Å². The Kier molecular flexibility index (Phi) is 9.29. The van der Waals surface area contributed by atoms with E-state index in [1.54, 1.807) is 24.0 Å². The number of likely N-dealkylation sites (tertiary alicyclic amines) is 1. The number of carbonyl (C=O) groups is 2.